The summed E-state index contributed by atoms with van der Waals surface area (Å²) in [5, 5.41) is 9.75. The third-order valence-corrected chi connectivity index (χ3v) is 5.22. The SMILES string of the molecule is N[C@@H]1CN(C2CCN(C3CCCC3)CC2)C[C@H]1O. The molecule has 2 atom stereocenters. The second kappa shape index (κ2) is 5.45. The van der Waals surface area contributed by atoms with E-state index in [9.17, 15) is 5.11 Å². The van der Waals surface area contributed by atoms with Gasteiger partial charge in [0, 0.05) is 31.2 Å². The summed E-state index contributed by atoms with van der Waals surface area (Å²) in [5.41, 5.74) is 5.90. The minimum Gasteiger partial charge on any atom is -0.390 e. The van der Waals surface area contributed by atoms with Crippen molar-refractivity contribution in [3.8, 4) is 0 Å². The van der Waals surface area contributed by atoms with Crippen molar-refractivity contribution in [2.45, 2.75) is 62.8 Å². The number of rotatable bonds is 2. The summed E-state index contributed by atoms with van der Waals surface area (Å²) >= 11 is 0. The van der Waals surface area contributed by atoms with Gasteiger partial charge in [-0.3, -0.25) is 4.90 Å². The van der Waals surface area contributed by atoms with Crippen molar-refractivity contribution in [3.05, 3.63) is 0 Å². The number of nitrogens with zero attached hydrogens (tertiary/aromatic N) is 2. The summed E-state index contributed by atoms with van der Waals surface area (Å²) in [6, 6.07) is 1.50. The first-order valence-corrected chi connectivity index (χ1v) is 7.66. The molecule has 0 aromatic carbocycles. The molecule has 0 aromatic heterocycles. The van der Waals surface area contributed by atoms with E-state index in [1.165, 1.54) is 51.6 Å². The molecule has 2 aliphatic heterocycles. The Hall–Kier alpha value is -0.160. The third kappa shape index (κ3) is 2.57. The molecular weight excluding hydrogens is 226 g/mol. The first-order chi connectivity index (χ1) is 8.74. The number of piperidine rings is 1. The van der Waals surface area contributed by atoms with Gasteiger partial charge >= 0.3 is 0 Å². The fraction of sp³-hybridized carbons (Fsp3) is 1.00. The fourth-order valence-corrected chi connectivity index (χ4v) is 4.03. The topological polar surface area (TPSA) is 52.7 Å². The Labute approximate surface area is 110 Å². The van der Waals surface area contributed by atoms with E-state index in [0.29, 0.717) is 6.04 Å². The highest BCUT2D eigenvalue weighted by Crippen LogP contribution is 2.28. The number of nitrogens with two attached hydrogens (primary N) is 1. The van der Waals surface area contributed by atoms with E-state index < -0.39 is 0 Å². The Morgan fingerprint density at radius 3 is 2.00 bits per heavy atom. The van der Waals surface area contributed by atoms with Crippen LogP contribution in [-0.4, -0.2) is 65.3 Å². The molecule has 18 heavy (non-hydrogen) atoms. The summed E-state index contributed by atoms with van der Waals surface area (Å²) in [6.45, 7) is 4.17. The van der Waals surface area contributed by atoms with Crippen molar-refractivity contribution in [2.75, 3.05) is 26.2 Å². The zero-order valence-corrected chi connectivity index (χ0v) is 11.3. The minimum atomic E-state index is -0.308. The minimum absolute atomic E-state index is 0.0298. The molecule has 104 valence electrons. The van der Waals surface area contributed by atoms with Crippen molar-refractivity contribution >= 4 is 0 Å². The number of hydrogen-bond donors (Lipinski definition) is 2. The lowest BCUT2D eigenvalue weighted by atomic mass is 10.0. The summed E-state index contributed by atoms with van der Waals surface area (Å²) < 4.78 is 0. The van der Waals surface area contributed by atoms with E-state index in [4.69, 9.17) is 5.73 Å². The van der Waals surface area contributed by atoms with Crippen LogP contribution >= 0.6 is 0 Å². The highest BCUT2D eigenvalue weighted by Gasteiger charge is 2.35. The third-order valence-electron chi connectivity index (χ3n) is 5.22. The van der Waals surface area contributed by atoms with E-state index in [-0.39, 0.29) is 12.1 Å². The molecule has 0 spiro atoms. The molecule has 2 heterocycles. The van der Waals surface area contributed by atoms with Gasteiger partial charge in [-0.2, -0.15) is 0 Å². The zero-order chi connectivity index (χ0) is 12.5. The first-order valence-electron chi connectivity index (χ1n) is 7.66. The van der Waals surface area contributed by atoms with Gasteiger partial charge in [0.05, 0.1) is 6.10 Å². The molecule has 4 nitrogen and oxygen atoms in total. The Balaban J connectivity index is 1.48. The fourth-order valence-electron chi connectivity index (χ4n) is 4.03. The summed E-state index contributed by atoms with van der Waals surface area (Å²) in [6.07, 6.45) is 7.90. The molecule has 3 N–H and O–H groups in total. The van der Waals surface area contributed by atoms with Gasteiger partial charge in [0.2, 0.25) is 0 Å². The van der Waals surface area contributed by atoms with Gasteiger partial charge < -0.3 is 15.7 Å². The summed E-state index contributed by atoms with van der Waals surface area (Å²) in [7, 11) is 0. The van der Waals surface area contributed by atoms with E-state index in [0.717, 1.165) is 19.1 Å². The smallest absolute Gasteiger partial charge is 0.0830 e. The van der Waals surface area contributed by atoms with Crippen molar-refractivity contribution in [1.82, 2.24) is 9.80 Å². The lowest BCUT2D eigenvalue weighted by Gasteiger charge is -2.39. The van der Waals surface area contributed by atoms with Crippen LogP contribution in [0.5, 0.6) is 0 Å². The molecule has 1 saturated carbocycles. The second-order valence-electron chi connectivity index (χ2n) is 6.39. The van der Waals surface area contributed by atoms with E-state index in [2.05, 4.69) is 9.80 Å². The monoisotopic (exact) mass is 253 g/mol. The maximum atomic E-state index is 9.75. The van der Waals surface area contributed by atoms with Crippen LogP contribution in [0.4, 0.5) is 0 Å². The average molecular weight is 253 g/mol. The van der Waals surface area contributed by atoms with Crippen LogP contribution in [0.25, 0.3) is 0 Å². The van der Waals surface area contributed by atoms with Gasteiger partial charge in [-0.1, -0.05) is 12.8 Å². The van der Waals surface area contributed by atoms with Gasteiger partial charge in [0.1, 0.15) is 0 Å². The van der Waals surface area contributed by atoms with Crippen LogP contribution in [0.2, 0.25) is 0 Å². The molecule has 4 heteroatoms. The maximum absolute atomic E-state index is 9.75. The van der Waals surface area contributed by atoms with Crippen LogP contribution in [0.1, 0.15) is 38.5 Å². The quantitative estimate of drug-likeness (QED) is 0.748. The highest BCUT2D eigenvalue weighted by molar-refractivity contribution is 4.92. The Morgan fingerprint density at radius 1 is 0.833 bits per heavy atom. The zero-order valence-electron chi connectivity index (χ0n) is 11.3. The van der Waals surface area contributed by atoms with E-state index >= 15 is 0 Å². The standard InChI is InChI=1S/C14H27N3O/c15-13-9-17(10-14(13)18)12-5-7-16(8-6-12)11-3-1-2-4-11/h11-14,18H,1-10,15H2/t13-,14-/m1/s1. The van der Waals surface area contributed by atoms with Gasteiger partial charge in [0.25, 0.3) is 0 Å². The molecule has 2 saturated heterocycles. The van der Waals surface area contributed by atoms with Gasteiger partial charge in [-0.15, -0.1) is 0 Å². The van der Waals surface area contributed by atoms with Crippen LogP contribution in [0.15, 0.2) is 0 Å². The van der Waals surface area contributed by atoms with Crippen molar-refractivity contribution in [1.29, 1.82) is 0 Å². The number of aliphatic hydroxyl groups is 1. The second-order valence-corrected chi connectivity index (χ2v) is 6.39. The molecule has 0 aromatic rings. The Bertz CT molecular complexity index is 262. The average Bonchev–Trinajstić information content (AvgIpc) is 3.01. The predicted molar refractivity (Wildman–Crippen MR) is 72.4 cm³/mol. The molecule has 0 radical (unpaired) electrons. The normalized spacial score (nSPS) is 37.7. The molecule has 0 amide bonds. The predicted octanol–water partition coefficient (Wildman–Crippen LogP) is 0.397. The van der Waals surface area contributed by atoms with Crippen molar-refractivity contribution in [2.24, 2.45) is 5.73 Å². The number of aliphatic hydroxyl groups excluding tert-OH is 1. The van der Waals surface area contributed by atoms with Crippen LogP contribution < -0.4 is 5.73 Å². The van der Waals surface area contributed by atoms with Gasteiger partial charge in [0.15, 0.2) is 0 Å². The molecule has 3 rings (SSSR count). The summed E-state index contributed by atoms with van der Waals surface area (Å²) in [5.74, 6) is 0. The first kappa shape index (κ1) is 12.9. The van der Waals surface area contributed by atoms with Crippen LogP contribution in [0, 0.1) is 0 Å². The lowest BCUT2D eigenvalue weighted by molar-refractivity contribution is 0.0873. The Kier molecular flexibility index (Phi) is 3.89. The number of β-amino-alcohol motifs (C(OH)–C–C–N with tert-alkyl or cyclic N) is 1. The Morgan fingerprint density at radius 2 is 1.44 bits per heavy atom. The van der Waals surface area contributed by atoms with Crippen molar-refractivity contribution in [3.63, 3.8) is 0 Å². The van der Waals surface area contributed by atoms with Crippen LogP contribution in [0.3, 0.4) is 0 Å². The maximum Gasteiger partial charge on any atom is 0.0830 e. The molecule has 3 fully saturated rings. The number of hydrogen-bond acceptors (Lipinski definition) is 4. The largest absolute Gasteiger partial charge is 0.390 e. The number of likely N-dealkylation sites (tertiary alicyclic amines) is 2. The molecular formula is C14H27N3O. The molecule has 0 bridgehead atoms. The summed E-state index contributed by atoms with van der Waals surface area (Å²) in [4.78, 5) is 5.12. The molecule has 1 aliphatic carbocycles. The lowest BCUT2D eigenvalue weighted by Crippen LogP contribution is -2.47. The van der Waals surface area contributed by atoms with Crippen LogP contribution in [-0.2, 0) is 0 Å². The molecule has 0 unspecified atom stereocenters. The highest BCUT2D eigenvalue weighted by atomic mass is 16.3. The van der Waals surface area contributed by atoms with Gasteiger partial charge in [-0.25, -0.2) is 0 Å². The van der Waals surface area contributed by atoms with Crippen molar-refractivity contribution < 1.29 is 5.11 Å². The molecule has 3 aliphatic rings. The van der Waals surface area contributed by atoms with E-state index in [1.54, 1.807) is 0 Å². The van der Waals surface area contributed by atoms with E-state index in [1.807, 2.05) is 0 Å². The van der Waals surface area contributed by atoms with Gasteiger partial charge in [-0.05, 0) is 38.8 Å².